The van der Waals surface area contributed by atoms with Crippen LogP contribution in [0.15, 0.2) is 35.5 Å². The molecule has 0 aliphatic rings. The smallest absolute Gasteiger partial charge is 0.269 e. The van der Waals surface area contributed by atoms with Gasteiger partial charge >= 0.3 is 0 Å². The van der Waals surface area contributed by atoms with Crippen LogP contribution < -0.4 is 5.56 Å². The molecule has 2 rings (SSSR count). The van der Waals surface area contributed by atoms with Gasteiger partial charge in [-0.2, -0.15) is 5.26 Å². The van der Waals surface area contributed by atoms with Crippen molar-refractivity contribution in [2.45, 2.75) is 20.4 Å². The number of nitriles is 1. The van der Waals surface area contributed by atoms with Crippen LogP contribution in [-0.2, 0) is 6.54 Å². The van der Waals surface area contributed by atoms with Crippen molar-refractivity contribution in [1.29, 1.82) is 5.26 Å². The number of hydrogen-bond donors (Lipinski definition) is 0. The molecule has 0 unspecified atom stereocenters. The van der Waals surface area contributed by atoms with Crippen molar-refractivity contribution >= 4 is 0 Å². The fourth-order valence-corrected chi connectivity index (χ4v) is 2.03. The molecule has 0 fully saturated rings. The Balaban J connectivity index is 2.81. The molecule has 0 radical (unpaired) electrons. The first-order valence-corrected chi connectivity index (χ1v) is 5.73. The summed E-state index contributed by atoms with van der Waals surface area (Å²) < 4.78 is 1.55. The van der Waals surface area contributed by atoms with Crippen molar-refractivity contribution in [3.05, 3.63) is 52.2 Å². The molecule has 18 heavy (non-hydrogen) atoms. The molecule has 0 saturated carbocycles. The van der Waals surface area contributed by atoms with Crippen LogP contribution in [0.25, 0.3) is 11.1 Å². The minimum atomic E-state index is -0.239. The molecule has 4 nitrogen and oxygen atoms in total. The van der Waals surface area contributed by atoms with E-state index in [1.54, 1.807) is 35.3 Å². The van der Waals surface area contributed by atoms with E-state index in [-0.39, 0.29) is 11.1 Å². The van der Waals surface area contributed by atoms with Gasteiger partial charge in [0.2, 0.25) is 0 Å². The van der Waals surface area contributed by atoms with E-state index >= 15 is 0 Å². The van der Waals surface area contributed by atoms with Gasteiger partial charge in [-0.05, 0) is 37.1 Å². The molecule has 2 aromatic heterocycles. The van der Waals surface area contributed by atoms with E-state index in [0.29, 0.717) is 12.1 Å². The van der Waals surface area contributed by atoms with Gasteiger partial charge in [-0.1, -0.05) is 0 Å². The van der Waals surface area contributed by atoms with Crippen molar-refractivity contribution in [3.63, 3.8) is 0 Å². The number of aryl methyl sites for hydroxylation is 2. The van der Waals surface area contributed by atoms with Crippen LogP contribution in [0.3, 0.4) is 0 Å². The van der Waals surface area contributed by atoms with Gasteiger partial charge in [-0.15, -0.1) is 0 Å². The van der Waals surface area contributed by atoms with Gasteiger partial charge in [-0.25, -0.2) is 0 Å². The van der Waals surface area contributed by atoms with Crippen LogP contribution in [0.1, 0.15) is 18.1 Å². The van der Waals surface area contributed by atoms with Crippen LogP contribution in [0.2, 0.25) is 0 Å². The lowest BCUT2D eigenvalue weighted by atomic mass is 9.98. The molecule has 0 aliphatic carbocycles. The Morgan fingerprint density at radius 1 is 1.39 bits per heavy atom. The largest absolute Gasteiger partial charge is 0.314 e. The monoisotopic (exact) mass is 239 g/mol. The summed E-state index contributed by atoms with van der Waals surface area (Å²) in [7, 11) is 0. The summed E-state index contributed by atoms with van der Waals surface area (Å²) in [6, 6.07) is 5.63. The quantitative estimate of drug-likeness (QED) is 0.806. The van der Waals surface area contributed by atoms with Gasteiger partial charge in [0.1, 0.15) is 11.6 Å². The fraction of sp³-hybridized carbons (Fsp3) is 0.214. The van der Waals surface area contributed by atoms with E-state index in [1.807, 2.05) is 19.9 Å². The molecule has 0 N–H and O–H groups in total. The summed E-state index contributed by atoms with van der Waals surface area (Å²) in [4.78, 5) is 16.0. The van der Waals surface area contributed by atoms with E-state index in [1.165, 1.54) is 0 Å². The van der Waals surface area contributed by atoms with Gasteiger partial charge in [0.05, 0.1) is 0 Å². The molecule has 0 saturated heterocycles. The summed E-state index contributed by atoms with van der Waals surface area (Å²) in [5.41, 5.74) is 2.42. The summed E-state index contributed by atoms with van der Waals surface area (Å²) in [5.74, 6) is 0. The number of pyridine rings is 2. The maximum Gasteiger partial charge on any atom is 0.269 e. The SMILES string of the molecule is CCn1cc(C)c(-c2ccncc2)c(C#N)c1=O. The predicted molar refractivity (Wildman–Crippen MR) is 69.1 cm³/mol. The zero-order chi connectivity index (χ0) is 13.1. The van der Waals surface area contributed by atoms with E-state index < -0.39 is 0 Å². The van der Waals surface area contributed by atoms with Crippen LogP contribution in [-0.4, -0.2) is 9.55 Å². The lowest BCUT2D eigenvalue weighted by Gasteiger charge is -2.11. The first-order chi connectivity index (χ1) is 8.69. The van der Waals surface area contributed by atoms with E-state index in [2.05, 4.69) is 4.98 Å². The standard InChI is InChI=1S/C14H13N3O/c1-3-17-9-10(2)13(12(8-15)14(17)18)11-4-6-16-7-5-11/h4-7,9H,3H2,1-2H3. The third-order valence-corrected chi connectivity index (χ3v) is 2.89. The van der Waals surface area contributed by atoms with Crippen LogP contribution in [0, 0.1) is 18.3 Å². The fourth-order valence-electron chi connectivity index (χ4n) is 2.03. The summed E-state index contributed by atoms with van der Waals surface area (Å²) in [5, 5.41) is 9.23. The topological polar surface area (TPSA) is 58.7 Å². The summed E-state index contributed by atoms with van der Waals surface area (Å²) >= 11 is 0. The molecule has 0 bridgehead atoms. The maximum absolute atomic E-state index is 12.1. The Morgan fingerprint density at radius 3 is 2.61 bits per heavy atom. The second-order valence-electron chi connectivity index (χ2n) is 4.00. The molecule has 0 aliphatic heterocycles. The highest BCUT2D eigenvalue weighted by Gasteiger charge is 2.14. The Morgan fingerprint density at radius 2 is 2.06 bits per heavy atom. The number of hydrogen-bond acceptors (Lipinski definition) is 3. The summed E-state index contributed by atoms with van der Waals surface area (Å²) in [6.45, 7) is 4.35. The van der Waals surface area contributed by atoms with E-state index in [9.17, 15) is 10.1 Å². The van der Waals surface area contributed by atoms with Gasteiger partial charge in [0.25, 0.3) is 5.56 Å². The molecular weight excluding hydrogens is 226 g/mol. The Labute approximate surface area is 105 Å². The highest BCUT2D eigenvalue weighted by Crippen LogP contribution is 2.24. The molecule has 0 amide bonds. The number of aromatic nitrogens is 2. The van der Waals surface area contributed by atoms with Crippen molar-refractivity contribution < 1.29 is 0 Å². The lowest BCUT2D eigenvalue weighted by molar-refractivity contribution is 0.721. The lowest BCUT2D eigenvalue weighted by Crippen LogP contribution is -2.23. The molecule has 0 atom stereocenters. The van der Waals surface area contributed by atoms with Gasteiger partial charge in [0.15, 0.2) is 0 Å². The van der Waals surface area contributed by atoms with Crippen LogP contribution in [0.5, 0.6) is 0 Å². The molecule has 2 aromatic rings. The first-order valence-electron chi connectivity index (χ1n) is 5.73. The Hall–Kier alpha value is -2.41. The normalized spacial score (nSPS) is 10.1. The third-order valence-electron chi connectivity index (χ3n) is 2.89. The van der Waals surface area contributed by atoms with Crippen LogP contribution in [0.4, 0.5) is 0 Å². The van der Waals surface area contributed by atoms with Gasteiger partial charge in [0, 0.05) is 30.7 Å². The Bertz CT molecular complexity index is 666. The molecule has 0 aromatic carbocycles. The minimum absolute atomic E-state index is 0.197. The average molecular weight is 239 g/mol. The van der Waals surface area contributed by atoms with Gasteiger partial charge < -0.3 is 4.57 Å². The third kappa shape index (κ3) is 1.91. The minimum Gasteiger partial charge on any atom is -0.314 e. The summed E-state index contributed by atoms with van der Waals surface area (Å²) in [6.07, 6.45) is 5.10. The molecule has 0 spiro atoms. The zero-order valence-electron chi connectivity index (χ0n) is 10.3. The average Bonchev–Trinajstić information content (AvgIpc) is 2.41. The Kier molecular flexibility index (Phi) is 3.24. The van der Waals surface area contributed by atoms with Crippen molar-refractivity contribution in [3.8, 4) is 17.2 Å². The second-order valence-corrected chi connectivity index (χ2v) is 4.00. The molecule has 4 heteroatoms. The second kappa shape index (κ2) is 4.84. The van der Waals surface area contributed by atoms with Crippen molar-refractivity contribution in [2.24, 2.45) is 0 Å². The maximum atomic E-state index is 12.1. The van der Waals surface area contributed by atoms with Crippen LogP contribution >= 0.6 is 0 Å². The number of rotatable bonds is 2. The first kappa shape index (κ1) is 12.1. The zero-order valence-corrected chi connectivity index (χ0v) is 10.3. The number of nitrogens with zero attached hydrogens (tertiary/aromatic N) is 3. The predicted octanol–water partition coefficient (Wildman–Crippen LogP) is 2.11. The van der Waals surface area contributed by atoms with E-state index in [0.717, 1.165) is 11.1 Å². The molecule has 2 heterocycles. The van der Waals surface area contributed by atoms with Gasteiger partial charge in [-0.3, -0.25) is 9.78 Å². The molecule has 90 valence electrons. The highest BCUT2D eigenvalue weighted by atomic mass is 16.1. The highest BCUT2D eigenvalue weighted by molar-refractivity contribution is 5.72. The van der Waals surface area contributed by atoms with Crippen molar-refractivity contribution in [1.82, 2.24) is 9.55 Å². The van der Waals surface area contributed by atoms with Crippen molar-refractivity contribution in [2.75, 3.05) is 0 Å². The molecular formula is C14H13N3O. The van der Waals surface area contributed by atoms with E-state index in [4.69, 9.17) is 0 Å².